The smallest absolute Gasteiger partial charge is 0.135 e. The van der Waals surface area contributed by atoms with Gasteiger partial charge in [-0.3, -0.25) is 4.68 Å². The summed E-state index contributed by atoms with van der Waals surface area (Å²) in [5, 5.41) is 8.67. The van der Waals surface area contributed by atoms with E-state index in [0.717, 1.165) is 27.9 Å². The van der Waals surface area contributed by atoms with E-state index in [1.165, 1.54) is 60.9 Å². The Bertz CT molecular complexity index is 2760. The summed E-state index contributed by atoms with van der Waals surface area (Å²) in [5.41, 5.74) is 15.7. The molecule has 0 fully saturated rings. The van der Waals surface area contributed by atoms with Crippen LogP contribution in [-0.2, 0) is 12.0 Å². The van der Waals surface area contributed by atoms with Crippen LogP contribution in [0.25, 0.3) is 49.7 Å². The topological polar surface area (TPSA) is 34.2 Å². The Kier molecular flexibility index (Phi) is 5.87. The molecule has 2 aliphatic carbocycles. The number of rotatable bonds is 4. The molecule has 11 rings (SSSR count). The first-order chi connectivity index (χ1) is 25.0. The lowest BCUT2D eigenvalue weighted by Crippen LogP contribution is -2.33. The van der Waals surface area contributed by atoms with Crippen molar-refractivity contribution < 1.29 is 4.42 Å². The Morgan fingerprint density at radius 1 is 0.706 bits per heavy atom. The van der Waals surface area contributed by atoms with Crippen LogP contribution in [0.1, 0.15) is 42.0 Å². The number of hydrogen-bond donors (Lipinski definition) is 0. The molecule has 2 aromatic heterocycles. The minimum atomic E-state index is -0.144. The predicted molar refractivity (Wildman–Crippen MR) is 209 cm³/mol. The average Bonchev–Trinajstić information content (AvgIpc) is 3.89. The van der Waals surface area contributed by atoms with Crippen molar-refractivity contribution in [2.45, 2.75) is 37.8 Å². The van der Waals surface area contributed by atoms with Gasteiger partial charge in [0.15, 0.2) is 0 Å². The van der Waals surface area contributed by atoms with Crippen LogP contribution < -0.4 is 4.90 Å². The molecule has 2 atom stereocenters. The standard InChI is InChI=1S/C47H35N3O/c1-47(2)38-25-24-34-32-14-6-10-18-41(32)50(46(34)44(38)37-26-36-33-15-8-11-19-42(33)51-43(36)27-39(37)47)31-22-20-29(21-23-31)28-49-40-17-9-7-16-35(40)45(48-49)30-12-4-3-5-13-30/h3-27,34,46H,28H2,1-2H3. The largest absolute Gasteiger partial charge is 0.456 e. The molecule has 3 heterocycles. The van der Waals surface area contributed by atoms with Gasteiger partial charge in [-0.05, 0) is 75.9 Å². The maximum Gasteiger partial charge on any atom is 0.135 e. The number of furan rings is 1. The second-order valence-corrected chi connectivity index (χ2v) is 14.8. The van der Waals surface area contributed by atoms with Gasteiger partial charge in [0.1, 0.15) is 16.9 Å². The number of hydrogen-bond acceptors (Lipinski definition) is 3. The van der Waals surface area contributed by atoms with Gasteiger partial charge in [0, 0.05) is 44.4 Å². The number of aromatic nitrogens is 2. The van der Waals surface area contributed by atoms with Gasteiger partial charge < -0.3 is 9.32 Å². The molecule has 8 aromatic rings. The van der Waals surface area contributed by atoms with E-state index in [-0.39, 0.29) is 17.4 Å². The van der Waals surface area contributed by atoms with Crippen LogP contribution in [0.4, 0.5) is 11.4 Å². The molecule has 0 N–H and O–H groups in total. The monoisotopic (exact) mass is 657 g/mol. The summed E-state index contributed by atoms with van der Waals surface area (Å²) in [4.78, 5) is 2.60. The van der Waals surface area contributed by atoms with Crippen LogP contribution in [0.15, 0.2) is 162 Å². The van der Waals surface area contributed by atoms with Crippen molar-refractivity contribution in [3.63, 3.8) is 0 Å². The lowest BCUT2D eigenvalue weighted by Gasteiger charge is -2.35. The summed E-state index contributed by atoms with van der Waals surface area (Å²) < 4.78 is 8.55. The van der Waals surface area contributed by atoms with E-state index in [1.54, 1.807) is 0 Å². The van der Waals surface area contributed by atoms with Crippen LogP contribution in [0.3, 0.4) is 0 Å². The number of anilines is 2. The molecular weight excluding hydrogens is 623 g/mol. The first-order valence-electron chi connectivity index (χ1n) is 17.9. The van der Waals surface area contributed by atoms with E-state index < -0.39 is 0 Å². The zero-order valence-corrected chi connectivity index (χ0v) is 28.5. The van der Waals surface area contributed by atoms with Gasteiger partial charge in [-0.15, -0.1) is 0 Å². The van der Waals surface area contributed by atoms with Crippen molar-refractivity contribution in [2.75, 3.05) is 4.90 Å². The minimum absolute atomic E-state index is 0.144. The fourth-order valence-corrected chi connectivity index (χ4v) is 9.23. The van der Waals surface area contributed by atoms with Crippen LogP contribution in [0, 0.1) is 0 Å². The van der Waals surface area contributed by atoms with E-state index in [0.29, 0.717) is 6.54 Å². The highest BCUT2D eigenvalue weighted by Gasteiger charge is 2.49. The molecule has 2 unspecified atom stereocenters. The van der Waals surface area contributed by atoms with Gasteiger partial charge in [0.25, 0.3) is 0 Å². The highest BCUT2D eigenvalue weighted by molar-refractivity contribution is 6.08. The summed E-state index contributed by atoms with van der Waals surface area (Å²) in [6, 6.07) is 50.5. The highest BCUT2D eigenvalue weighted by Crippen LogP contribution is 2.59. The summed E-state index contributed by atoms with van der Waals surface area (Å²) in [6.07, 6.45) is 4.87. The summed E-state index contributed by atoms with van der Waals surface area (Å²) in [7, 11) is 0. The Labute approximate surface area is 296 Å². The molecule has 0 saturated heterocycles. The fourth-order valence-electron chi connectivity index (χ4n) is 9.23. The predicted octanol–water partition coefficient (Wildman–Crippen LogP) is 11.6. The van der Waals surface area contributed by atoms with Gasteiger partial charge in [0.05, 0.1) is 18.1 Å². The molecule has 0 bridgehead atoms. The molecule has 0 spiro atoms. The van der Waals surface area contributed by atoms with Crippen molar-refractivity contribution in [1.29, 1.82) is 0 Å². The van der Waals surface area contributed by atoms with Crippen LogP contribution in [0.5, 0.6) is 0 Å². The van der Waals surface area contributed by atoms with Crippen molar-refractivity contribution in [3.8, 4) is 11.3 Å². The second-order valence-electron chi connectivity index (χ2n) is 14.8. The third-order valence-corrected chi connectivity index (χ3v) is 11.6. The number of para-hydroxylation sites is 3. The molecule has 0 saturated carbocycles. The van der Waals surface area contributed by atoms with Gasteiger partial charge in [-0.25, -0.2) is 0 Å². The van der Waals surface area contributed by atoms with Crippen LogP contribution in [0.2, 0.25) is 0 Å². The number of nitrogens with zero attached hydrogens (tertiary/aromatic N) is 3. The van der Waals surface area contributed by atoms with Crippen LogP contribution >= 0.6 is 0 Å². The van der Waals surface area contributed by atoms with Crippen molar-refractivity contribution in [3.05, 3.63) is 180 Å². The molecule has 1 aliphatic heterocycles. The van der Waals surface area contributed by atoms with Crippen LogP contribution in [-0.4, -0.2) is 15.8 Å². The Hall–Kier alpha value is -6.13. The summed E-state index contributed by atoms with van der Waals surface area (Å²) in [6.45, 7) is 5.44. The molecule has 0 amide bonds. The van der Waals surface area contributed by atoms with Crippen molar-refractivity contribution >= 4 is 49.8 Å². The minimum Gasteiger partial charge on any atom is -0.456 e. The van der Waals surface area contributed by atoms with E-state index in [4.69, 9.17) is 9.52 Å². The lowest BCUT2D eigenvalue weighted by molar-refractivity contribution is 0.637. The van der Waals surface area contributed by atoms with Gasteiger partial charge in [-0.1, -0.05) is 123 Å². The molecular formula is C47H35N3O. The molecule has 51 heavy (non-hydrogen) atoms. The summed E-state index contributed by atoms with van der Waals surface area (Å²) in [5.74, 6) is 0.255. The Balaban J connectivity index is 1.01. The quantitative estimate of drug-likeness (QED) is 0.189. The zero-order chi connectivity index (χ0) is 33.8. The van der Waals surface area contributed by atoms with Gasteiger partial charge in [-0.2, -0.15) is 5.10 Å². The highest BCUT2D eigenvalue weighted by atomic mass is 16.3. The summed E-state index contributed by atoms with van der Waals surface area (Å²) >= 11 is 0. The number of fused-ring (bicyclic) bond motifs is 10. The Morgan fingerprint density at radius 2 is 1.45 bits per heavy atom. The normalized spacial score (nSPS) is 18.4. The third-order valence-electron chi connectivity index (χ3n) is 11.6. The average molecular weight is 658 g/mol. The fraction of sp³-hybridized carbons (Fsp3) is 0.128. The van der Waals surface area contributed by atoms with E-state index in [9.17, 15) is 0 Å². The molecule has 4 nitrogen and oxygen atoms in total. The maximum absolute atomic E-state index is 6.40. The molecule has 0 radical (unpaired) electrons. The molecule has 3 aliphatic rings. The van der Waals surface area contributed by atoms with E-state index in [1.807, 2.05) is 0 Å². The van der Waals surface area contributed by atoms with Crippen molar-refractivity contribution in [2.24, 2.45) is 0 Å². The molecule has 4 heteroatoms. The SMILES string of the molecule is CC1(C)C2=C(c3cc4c(cc31)oc1ccccc14)C1C(C=C2)c2ccccc2N1c1ccc(Cn2nc(-c3ccccc3)c3ccccc32)cc1. The van der Waals surface area contributed by atoms with Gasteiger partial charge in [0.2, 0.25) is 0 Å². The first kappa shape index (κ1) is 28.7. The van der Waals surface area contributed by atoms with Gasteiger partial charge >= 0.3 is 0 Å². The maximum atomic E-state index is 6.40. The second kappa shape index (κ2) is 10.4. The molecule has 244 valence electrons. The number of allylic oxidation sites excluding steroid dienone is 2. The first-order valence-corrected chi connectivity index (χ1v) is 17.9. The lowest BCUT2D eigenvalue weighted by atomic mass is 9.77. The van der Waals surface area contributed by atoms with Crippen molar-refractivity contribution in [1.82, 2.24) is 9.78 Å². The number of benzene rings is 6. The third kappa shape index (κ3) is 4.05. The zero-order valence-electron chi connectivity index (χ0n) is 28.5. The Morgan fingerprint density at radius 3 is 2.31 bits per heavy atom. The van der Waals surface area contributed by atoms with E-state index in [2.05, 4.69) is 175 Å². The molecule has 6 aromatic carbocycles. The van der Waals surface area contributed by atoms with E-state index >= 15 is 0 Å².